The van der Waals surface area contributed by atoms with Gasteiger partial charge in [0.25, 0.3) is 0 Å². The Labute approximate surface area is 157 Å². The van der Waals surface area contributed by atoms with Crippen molar-refractivity contribution >= 4 is 16.7 Å². The van der Waals surface area contributed by atoms with Gasteiger partial charge in [-0.05, 0) is 18.9 Å². The highest BCUT2D eigenvalue weighted by Gasteiger charge is 2.23. The van der Waals surface area contributed by atoms with Gasteiger partial charge in [0.1, 0.15) is 17.0 Å². The Balaban J connectivity index is 0.00000117. The number of nitrogens with zero attached hydrogens (tertiary/aromatic N) is 4. The Morgan fingerprint density at radius 3 is 2.62 bits per heavy atom. The molecule has 144 valence electrons. The van der Waals surface area contributed by atoms with E-state index >= 15 is 0 Å². The lowest BCUT2D eigenvalue weighted by atomic mass is 10.1. The van der Waals surface area contributed by atoms with Crippen molar-refractivity contribution in [2.75, 3.05) is 38.3 Å². The Bertz CT molecular complexity index is 733. The first-order valence-corrected chi connectivity index (χ1v) is 9.55. The molecule has 0 spiro atoms. The largest absolute Gasteiger partial charge is 0.480 e. The lowest BCUT2D eigenvalue weighted by Crippen LogP contribution is -2.30. The lowest BCUT2D eigenvalue weighted by molar-refractivity contribution is 0.129. The number of aromatic nitrogens is 3. The van der Waals surface area contributed by atoms with Gasteiger partial charge in [-0.3, -0.25) is 0 Å². The molecule has 0 amide bonds. The zero-order chi connectivity index (χ0) is 19.3. The van der Waals surface area contributed by atoms with Crippen molar-refractivity contribution in [2.24, 2.45) is 5.92 Å². The van der Waals surface area contributed by atoms with Crippen molar-refractivity contribution in [3.05, 3.63) is 17.6 Å². The third-order valence-electron chi connectivity index (χ3n) is 4.22. The molecule has 0 radical (unpaired) electrons. The van der Waals surface area contributed by atoms with Crippen LogP contribution in [0.1, 0.15) is 52.1 Å². The lowest BCUT2D eigenvalue weighted by Gasteiger charge is -2.25. The van der Waals surface area contributed by atoms with E-state index in [0.29, 0.717) is 18.4 Å². The average Bonchev–Trinajstić information content (AvgIpc) is 2.85. The third-order valence-corrected chi connectivity index (χ3v) is 4.22. The van der Waals surface area contributed by atoms with Gasteiger partial charge in [0, 0.05) is 24.7 Å². The van der Waals surface area contributed by atoms with Crippen LogP contribution in [-0.2, 0) is 4.74 Å². The van der Waals surface area contributed by atoms with Crippen molar-refractivity contribution in [3.8, 4) is 5.88 Å². The van der Waals surface area contributed by atoms with Gasteiger partial charge in [-0.2, -0.15) is 0 Å². The molecule has 2 aromatic heterocycles. The van der Waals surface area contributed by atoms with E-state index in [9.17, 15) is 0 Å². The second kappa shape index (κ2) is 9.12. The molecule has 1 aliphatic rings. The van der Waals surface area contributed by atoms with Gasteiger partial charge in [0.15, 0.2) is 0 Å². The van der Waals surface area contributed by atoms with Crippen LogP contribution >= 0.6 is 0 Å². The summed E-state index contributed by atoms with van der Waals surface area (Å²) in [6, 6.07) is 2.01. The topological polar surface area (TPSA) is 60.4 Å². The first-order chi connectivity index (χ1) is 12.5. The van der Waals surface area contributed by atoms with E-state index in [0.717, 1.165) is 47.9 Å². The predicted molar refractivity (Wildman–Crippen MR) is 106 cm³/mol. The maximum absolute atomic E-state index is 5.69. The van der Waals surface area contributed by atoms with Crippen LogP contribution in [0.5, 0.6) is 5.88 Å². The molecule has 0 aliphatic carbocycles. The summed E-state index contributed by atoms with van der Waals surface area (Å²) >= 11 is 0. The standard InChI is InChI=1S/C18H26N4O2.C2H6/c1-11(2)16-20-14-8-13(4)19-18(23-5)15(14)17(21-16)22-6-7-24-10-12(3)9-22;1-2/h8,11-12H,6-7,9-10H2,1-5H3;1-2H3. The van der Waals surface area contributed by atoms with Crippen LogP contribution in [0.15, 0.2) is 6.07 Å². The van der Waals surface area contributed by atoms with E-state index in [2.05, 4.69) is 30.7 Å². The number of aryl methyl sites for hydroxylation is 1. The molecule has 1 aliphatic heterocycles. The summed E-state index contributed by atoms with van der Waals surface area (Å²) in [5.74, 6) is 3.05. The van der Waals surface area contributed by atoms with Gasteiger partial charge >= 0.3 is 0 Å². The number of pyridine rings is 1. The number of hydrogen-bond donors (Lipinski definition) is 0. The van der Waals surface area contributed by atoms with Crippen molar-refractivity contribution in [1.29, 1.82) is 0 Å². The van der Waals surface area contributed by atoms with Gasteiger partial charge in [-0.1, -0.05) is 34.6 Å². The summed E-state index contributed by atoms with van der Waals surface area (Å²) in [7, 11) is 1.65. The summed E-state index contributed by atoms with van der Waals surface area (Å²) in [4.78, 5) is 16.4. The third kappa shape index (κ3) is 4.41. The van der Waals surface area contributed by atoms with E-state index in [4.69, 9.17) is 19.4 Å². The van der Waals surface area contributed by atoms with Gasteiger partial charge in [-0.25, -0.2) is 15.0 Å². The molecule has 1 unspecified atom stereocenters. The summed E-state index contributed by atoms with van der Waals surface area (Å²) < 4.78 is 11.2. The summed E-state index contributed by atoms with van der Waals surface area (Å²) in [5.41, 5.74) is 1.79. The Morgan fingerprint density at radius 2 is 1.96 bits per heavy atom. The van der Waals surface area contributed by atoms with Gasteiger partial charge in [0.05, 0.1) is 25.8 Å². The maximum atomic E-state index is 5.69. The monoisotopic (exact) mass is 360 g/mol. The van der Waals surface area contributed by atoms with E-state index in [1.807, 2.05) is 26.8 Å². The molecule has 3 heterocycles. The number of methoxy groups -OCH3 is 1. The zero-order valence-electron chi connectivity index (χ0n) is 17.2. The molecule has 26 heavy (non-hydrogen) atoms. The molecule has 2 aromatic rings. The van der Waals surface area contributed by atoms with Crippen LogP contribution in [0.25, 0.3) is 10.9 Å². The van der Waals surface area contributed by atoms with Gasteiger partial charge < -0.3 is 14.4 Å². The average molecular weight is 361 g/mol. The smallest absolute Gasteiger partial charge is 0.226 e. The normalized spacial score (nSPS) is 17.7. The first kappa shape index (κ1) is 20.4. The highest BCUT2D eigenvalue weighted by atomic mass is 16.5. The highest BCUT2D eigenvalue weighted by molar-refractivity contribution is 5.94. The molecule has 0 N–H and O–H groups in total. The fourth-order valence-corrected chi connectivity index (χ4v) is 3.05. The minimum atomic E-state index is 0.258. The Kier molecular flexibility index (Phi) is 7.14. The van der Waals surface area contributed by atoms with Crippen molar-refractivity contribution in [1.82, 2.24) is 15.0 Å². The van der Waals surface area contributed by atoms with Gasteiger partial charge in [-0.15, -0.1) is 0 Å². The van der Waals surface area contributed by atoms with E-state index in [1.54, 1.807) is 7.11 Å². The number of rotatable bonds is 3. The fraction of sp³-hybridized carbons (Fsp3) is 0.650. The number of hydrogen-bond acceptors (Lipinski definition) is 6. The molecule has 0 bridgehead atoms. The second-order valence-electron chi connectivity index (χ2n) is 6.85. The highest BCUT2D eigenvalue weighted by Crippen LogP contribution is 2.33. The number of ether oxygens (including phenoxy) is 2. The zero-order valence-corrected chi connectivity index (χ0v) is 17.2. The second-order valence-corrected chi connectivity index (χ2v) is 6.85. The van der Waals surface area contributed by atoms with Crippen LogP contribution in [0.2, 0.25) is 0 Å². The molecular weight excluding hydrogens is 328 g/mol. The molecule has 1 fully saturated rings. The number of anilines is 1. The fourth-order valence-electron chi connectivity index (χ4n) is 3.05. The molecule has 1 atom stereocenters. The van der Waals surface area contributed by atoms with E-state index in [-0.39, 0.29) is 5.92 Å². The van der Waals surface area contributed by atoms with Crippen molar-refractivity contribution < 1.29 is 9.47 Å². The molecular formula is C20H32N4O2. The van der Waals surface area contributed by atoms with Gasteiger partial charge in [0.2, 0.25) is 5.88 Å². The summed E-state index contributed by atoms with van der Waals surface area (Å²) in [5, 5.41) is 0.890. The first-order valence-electron chi connectivity index (χ1n) is 9.55. The molecule has 0 aromatic carbocycles. The quantitative estimate of drug-likeness (QED) is 0.825. The molecule has 3 rings (SSSR count). The van der Waals surface area contributed by atoms with Crippen molar-refractivity contribution in [3.63, 3.8) is 0 Å². The van der Waals surface area contributed by atoms with E-state index < -0.39 is 0 Å². The SMILES string of the molecule is CC.COc1nc(C)cc2nc(C(C)C)nc(N3CCOCC(C)C3)c12. The summed E-state index contributed by atoms with van der Waals surface area (Å²) in [6.07, 6.45) is 0. The molecule has 6 heteroatoms. The molecule has 1 saturated heterocycles. The minimum Gasteiger partial charge on any atom is -0.480 e. The van der Waals surface area contributed by atoms with Crippen LogP contribution in [0.3, 0.4) is 0 Å². The van der Waals surface area contributed by atoms with Crippen LogP contribution in [0, 0.1) is 12.8 Å². The Morgan fingerprint density at radius 1 is 1.23 bits per heavy atom. The van der Waals surface area contributed by atoms with Crippen molar-refractivity contribution in [2.45, 2.75) is 47.5 Å². The number of fused-ring (bicyclic) bond motifs is 1. The minimum absolute atomic E-state index is 0.258. The summed E-state index contributed by atoms with van der Waals surface area (Å²) in [6.45, 7) is 15.6. The van der Waals surface area contributed by atoms with E-state index in [1.165, 1.54) is 0 Å². The maximum Gasteiger partial charge on any atom is 0.226 e. The molecule has 0 saturated carbocycles. The predicted octanol–water partition coefficient (Wildman–Crippen LogP) is 3.96. The van der Waals surface area contributed by atoms with Crippen LogP contribution in [0.4, 0.5) is 5.82 Å². The van der Waals surface area contributed by atoms with Crippen LogP contribution < -0.4 is 9.64 Å². The Hall–Kier alpha value is -1.95. The molecule has 6 nitrogen and oxygen atoms in total. The van der Waals surface area contributed by atoms with Crippen LogP contribution in [-0.4, -0.2) is 48.4 Å².